The number of anilines is 2. The highest BCUT2D eigenvalue weighted by molar-refractivity contribution is 6.36. The van der Waals surface area contributed by atoms with Crippen molar-refractivity contribution in [1.82, 2.24) is 10.3 Å². The van der Waals surface area contributed by atoms with Crippen LogP contribution in [0.5, 0.6) is 0 Å². The van der Waals surface area contributed by atoms with Gasteiger partial charge in [-0.2, -0.15) is 13.2 Å². The molecule has 1 aromatic heterocycles. The van der Waals surface area contributed by atoms with Crippen molar-refractivity contribution >= 4 is 40.6 Å². The topological polar surface area (TPSA) is 72.5 Å². The zero-order valence-electron chi connectivity index (χ0n) is 14.9. The molecule has 1 atom stereocenters. The largest absolute Gasteiger partial charge is 0.417 e. The third kappa shape index (κ3) is 5.72. The summed E-state index contributed by atoms with van der Waals surface area (Å²) < 4.78 is 51.1. The average molecular weight is 450 g/mol. The molecule has 0 aliphatic carbocycles. The molecule has 3 rings (SSSR count). The highest BCUT2D eigenvalue weighted by Gasteiger charge is 2.36. The second-order valence-electron chi connectivity index (χ2n) is 6.14. The third-order valence-corrected chi connectivity index (χ3v) is 4.57. The number of carbonyl (C=O) groups is 1. The summed E-state index contributed by atoms with van der Waals surface area (Å²) in [5.41, 5.74) is -1.40. The van der Waals surface area contributed by atoms with E-state index in [9.17, 15) is 18.0 Å². The van der Waals surface area contributed by atoms with Gasteiger partial charge in [0, 0.05) is 17.8 Å². The molecule has 0 bridgehead atoms. The fourth-order valence-electron chi connectivity index (χ4n) is 2.62. The van der Waals surface area contributed by atoms with Gasteiger partial charge in [0.1, 0.15) is 5.82 Å². The maximum absolute atomic E-state index is 13.5. The van der Waals surface area contributed by atoms with Gasteiger partial charge in [0.15, 0.2) is 0 Å². The van der Waals surface area contributed by atoms with Gasteiger partial charge in [0.05, 0.1) is 47.8 Å². The Bertz CT molecular complexity index is 890. The summed E-state index contributed by atoms with van der Waals surface area (Å²) >= 11 is 11.8. The SMILES string of the molecule is O=C(NCC1COCCO1)c1cnc(Nc2ccc(Cl)cc2Cl)cc1C(F)(F)F. The maximum atomic E-state index is 13.5. The summed E-state index contributed by atoms with van der Waals surface area (Å²) in [5, 5.41) is 5.71. The van der Waals surface area contributed by atoms with Crippen molar-refractivity contribution in [3.8, 4) is 0 Å². The number of ether oxygens (including phenoxy) is 2. The molecule has 0 radical (unpaired) electrons. The van der Waals surface area contributed by atoms with Crippen LogP contribution in [0, 0.1) is 0 Å². The number of hydrogen-bond acceptors (Lipinski definition) is 5. The number of nitrogens with zero attached hydrogens (tertiary/aromatic N) is 1. The molecule has 156 valence electrons. The minimum Gasteiger partial charge on any atom is -0.376 e. The molecule has 1 aliphatic rings. The minimum atomic E-state index is -4.76. The lowest BCUT2D eigenvalue weighted by Crippen LogP contribution is -2.40. The Balaban J connectivity index is 1.79. The van der Waals surface area contributed by atoms with Crippen LogP contribution in [0.1, 0.15) is 15.9 Å². The molecular formula is C18H16Cl2F3N3O3. The predicted molar refractivity (Wildman–Crippen MR) is 102 cm³/mol. The van der Waals surface area contributed by atoms with Crippen molar-refractivity contribution in [3.63, 3.8) is 0 Å². The fourth-order valence-corrected chi connectivity index (χ4v) is 3.08. The molecule has 0 spiro atoms. The van der Waals surface area contributed by atoms with Crippen LogP contribution in [0.25, 0.3) is 0 Å². The Morgan fingerprint density at radius 3 is 2.69 bits per heavy atom. The normalized spacial score (nSPS) is 17.1. The lowest BCUT2D eigenvalue weighted by molar-refractivity contribution is -0.138. The second kappa shape index (κ2) is 9.17. The maximum Gasteiger partial charge on any atom is 0.417 e. The van der Waals surface area contributed by atoms with Crippen LogP contribution in [0.15, 0.2) is 30.5 Å². The molecule has 1 aliphatic heterocycles. The van der Waals surface area contributed by atoms with E-state index in [1.165, 1.54) is 18.2 Å². The number of halogens is 5. The zero-order chi connectivity index (χ0) is 21.0. The van der Waals surface area contributed by atoms with Crippen LogP contribution in [0.4, 0.5) is 24.7 Å². The first-order valence-electron chi connectivity index (χ1n) is 8.51. The number of nitrogens with one attached hydrogen (secondary N) is 2. The van der Waals surface area contributed by atoms with Gasteiger partial charge in [0.25, 0.3) is 5.91 Å². The molecule has 2 heterocycles. The van der Waals surface area contributed by atoms with E-state index in [1.807, 2.05) is 0 Å². The Morgan fingerprint density at radius 2 is 2.03 bits per heavy atom. The van der Waals surface area contributed by atoms with Crippen LogP contribution in [-0.4, -0.2) is 43.4 Å². The summed E-state index contributed by atoms with van der Waals surface area (Å²) in [5.74, 6) is -1.03. The third-order valence-electron chi connectivity index (χ3n) is 4.02. The van der Waals surface area contributed by atoms with Crippen LogP contribution in [0.3, 0.4) is 0 Å². The van der Waals surface area contributed by atoms with E-state index in [0.29, 0.717) is 23.9 Å². The zero-order valence-corrected chi connectivity index (χ0v) is 16.4. The van der Waals surface area contributed by atoms with Gasteiger partial charge in [-0.15, -0.1) is 0 Å². The van der Waals surface area contributed by atoms with Crippen molar-refractivity contribution in [3.05, 3.63) is 51.6 Å². The van der Waals surface area contributed by atoms with E-state index in [2.05, 4.69) is 15.6 Å². The molecule has 1 aromatic carbocycles. The summed E-state index contributed by atoms with van der Waals surface area (Å²) in [6.45, 7) is 1.09. The van der Waals surface area contributed by atoms with Crippen molar-refractivity contribution in [1.29, 1.82) is 0 Å². The summed E-state index contributed by atoms with van der Waals surface area (Å²) in [6.07, 6.45) is -4.31. The first-order valence-corrected chi connectivity index (χ1v) is 9.26. The second-order valence-corrected chi connectivity index (χ2v) is 6.98. The summed E-state index contributed by atoms with van der Waals surface area (Å²) in [6, 6.07) is 5.22. The number of benzene rings is 1. The molecule has 6 nitrogen and oxygen atoms in total. The van der Waals surface area contributed by atoms with Crippen LogP contribution in [-0.2, 0) is 15.7 Å². The van der Waals surface area contributed by atoms with Crippen molar-refractivity contribution in [2.24, 2.45) is 0 Å². The number of aromatic nitrogens is 1. The predicted octanol–water partition coefficient (Wildman–Crippen LogP) is 4.30. The molecule has 0 saturated carbocycles. The molecule has 1 saturated heterocycles. The van der Waals surface area contributed by atoms with E-state index in [4.69, 9.17) is 32.7 Å². The molecular weight excluding hydrogens is 434 g/mol. The standard InChI is InChI=1S/C18H16Cl2F3N3O3/c19-10-1-2-15(14(20)5-10)26-16-6-13(18(21,22)23)12(8-24-16)17(27)25-7-11-9-28-3-4-29-11/h1-2,5-6,8,11H,3-4,7,9H2,(H,24,26)(H,25,27). The van der Waals surface area contributed by atoms with E-state index in [-0.39, 0.29) is 24.0 Å². The Kier molecular flexibility index (Phi) is 6.84. The number of amides is 1. The summed E-state index contributed by atoms with van der Waals surface area (Å²) in [7, 11) is 0. The van der Waals surface area contributed by atoms with E-state index < -0.39 is 29.3 Å². The van der Waals surface area contributed by atoms with Gasteiger partial charge in [-0.25, -0.2) is 4.98 Å². The van der Waals surface area contributed by atoms with Crippen molar-refractivity contribution in [2.45, 2.75) is 12.3 Å². The first kappa shape index (κ1) is 21.6. The van der Waals surface area contributed by atoms with Crippen LogP contribution >= 0.6 is 23.2 Å². The van der Waals surface area contributed by atoms with Crippen LogP contribution < -0.4 is 10.6 Å². The van der Waals surface area contributed by atoms with E-state index in [1.54, 1.807) is 0 Å². The van der Waals surface area contributed by atoms with Gasteiger partial charge >= 0.3 is 6.18 Å². The lowest BCUT2D eigenvalue weighted by Gasteiger charge is -2.23. The average Bonchev–Trinajstić information content (AvgIpc) is 2.68. The van der Waals surface area contributed by atoms with Gasteiger partial charge in [0.2, 0.25) is 0 Å². The smallest absolute Gasteiger partial charge is 0.376 e. The Labute approximate surface area is 174 Å². The molecule has 2 N–H and O–H groups in total. The Hall–Kier alpha value is -2.07. The lowest BCUT2D eigenvalue weighted by atomic mass is 10.1. The molecule has 29 heavy (non-hydrogen) atoms. The monoisotopic (exact) mass is 449 g/mol. The van der Waals surface area contributed by atoms with E-state index in [0.717, 1.165) is 12.3 Å². The molecule has 11 heteroatoms. The molecule has 1 unspecified atom stereocenters. The van der Waals surface area contributed by atoms with Crippen LogP contribution in [0.2, 0.25) is 10.0 Å². The number of carbonyl (C=O) groups excluding carboxylic acids is 1. The number of rotatable bonds is 5. The van der Waals surface area contributed by atoms with Crippen molar-refractivity contribution < 1.29 is 27.4 Å². The number of hydrogen-bond donors (Lipinski definition) is 2. The number of pyridine rings is 1. The fraction of sp³-hybridized carbons (Fsp3) is 0.333. The number of alkyl halides is 3. The first-order chi connectivity index (χ1) is 13.7. The molecule has 1 amide bonds. The molecule has 2 aromatic rings. The van der Waals surface area contributed by atoms with Crippen molar-refractivity contribution in [2.75, 3.05) is 31.7 Å². The van der Waals surface area contributed by atoms with Gasteiger partial charge in [-0.3, -0.25) is 4.79 Å². The highest BCUT2D eigenvalue weighted by Crippen LogP contribution is 2.34. The minimum absolute atomic E-state index is 0.0243. The highest BCUT2D eigenvalue weighted by atomic mass is 35.5. The van der Waals surface area contributed by atoms with Gasteiger partial charge < -0.3 is 20.1 Å². The Morgan fingerprint density at radius 1 is 1.24 bits per heavy atom. The van der Waals surface area contributed by atoms with E-state index >= 15 is 0 Å². The molecule has 1 fully saturated rings. The summed E-state index contributed by atoms with van der Waals surface area (Å²) in [4.78, 5) is 16.2. The quantitative estimate of drug-likeness (QED) is 0.711. The van der Waals surface area contributed by atoms with Gasteiger partial charge in [-0.05, 0) is 24.3 Å². The van der Waals surface area contributed by atoms with Gasteiger partial charge in [-0.1, -0.05) is 23.2 Å².